The Labute approximate surface area is 99.9 Å². The summed E-state index contributed by atoms with van der Waals surface area (Å²) < 4.78 is 0. The summed E-state index contributed by atoms with van der Waals surface area (Å²) in [7, 11) is 0. The van der Waals surface area contributed by atoms with Crippen LogP contribution in [0.3, 0.4) is 0 Å². The van der Waals surface area contributed by atoms with E-state index in [2.05, 4.69) is 20.8 Å². The highest BCUT2D eigenvalue weighted by molar-refractivity contribution is 4.77. The average Bonchev–Trinajstić information content (AvgIpc) is 2.65. The SMILES string of the molecule is CC.CC.CC.CCC1CC(C)CC1C. The van der Waals surface area contributed by atoms with Gasteiger partial charge in [-0.1, -0.05) is 68.7 Å². The quantitative estimate of drug-likeness (QED) is 0.492. The maximum absolute atomic E-state index is 2.40. The van der Waals surface area contributed by atoms with E-state index in [0.29, 0.717) is 0 Å². The molecule has 0 saturated heterocycles. The molecule has 0 aromatic rings. The highest BCUT2D eigenvalue weighted by atomic mass is 14.3. The maximum Gasteiger partial charge on any atom is -0.0388 e. The van der Waals surface area contributed by atoms with Gasteiger partial charge in [0.1, 0.15) is 0 Å². The van der Waals surface area contributed by atoms with Gasteiger partial charge < -0.3 is 0 Å². The fraction of sp³-hybridized carbons (Fsp3) is 1.00. The Bertz CT molecular complexity index is 86.0. The molecule has 0 spiro atoms. The second-order valence-electron chi connectivity index (χ2n) is 3.72. The van der Waals surface area contributed by atoms with E-state index in [1.807, 2.05) is 41.5 Å². The van der Waals surface area contributed by atoms with Crippen LogP contribution in [0.25, 0.3) is 0 Å². The predicted molar refractivity (Wildman–Crippen MR) is 75.4 cm³/mol. The van der Waals surface area contributed by atoms with Crippen LogP contribution in [0.1, 0.15) is 81.6 Å². The summed E-state index contributed by atoms with van der Waals surface area (Å²) in [4.78, 5) is 0. The molecule has 1 rings (SSSR count). The van der Waals surface area contributed by atoms with Crippen LogP contribution in [0.5, 0.6) is 0 Å². The van der Waals surface area contributed by atoms with E-state index >= 15 is 0 Å². The first-order chi connectivity index (χ1) is 7.24. The van der Waals surface area contributed by atoms with Gasteiger partial charge in [0, 0.05) is 0 Å². The van der Waals surface area contributed by atoms with Gasteiger partial charge in [-0.3, -0.25) is 0 Å². The molecule has 0 nitrogen and oxygen atoms in total. The van der Waals surface area contributed by atoms with Crippen molar-refractivity contribution in [2.45, 2.75) is 81.6 Å². The monoisotopic (exact) mass is 216 g/mol. The van der Waals surface area contributed by atoms with E-state index in [4.69, 9.17) is 0 Å². The van der Waals surface area contributed by atoms with Gasteiger partial charge in [-0.2, -0.15) is 0 Å². The second kappa shape index (κ2) is 16.4. The van der Waals surface area contributed by atoms with Crippen molar-refractivity contribution in [2.75, 3.05) is 0 Å². The van der Waals surface area contributed by atoms with Crippen LogP contribution in [0.15, 0.2) is 0 Å². The van der Waals surface area contributed by atoms with Gasteiger partial charge in [0.15, 0.2) is 0 Å². The van der Waals surface area contributed by atoms with Gasteiger partial charge in [0.2, 0.25) is 0 Å². The zero-order valence-electron chi connectivity index (χ0n) is 12.9. The first-order valence-corrected chi connectivity index (χ1v) is 7.24. The lowest BCUT2D eigenvalue weighted by atomic mass is 9.96. The van der Waals surface area contributed by atoms with Crippen molar-refractivity contribution in [2.24, 2.45) is 17.8 Å². The molecule has 0 radical (unpaired) electrons. The van der Waals surface area contributed by atoms with Crippen LogP contribution < -0.4 is 0 Å². The Morgan fingerprint density at radius 3 is 1.33 bits per heavy atom. The number of rotatable bonds is 1. The molecular formula is C15H36. The molecule has 0 heterocycles. The van der Waals surface area contributed by atoms with E-state index in [1.54, 1.807) is 0 Å². The molecule has 1 saturated carbocycles. The van der Waals surface area contributed by atoms with E-state index in [9.17, 15) is 0 Å². The predicted octanol–water partition coefficient (Wildman–Crippen LogP) is 6.16. The van der Waals surface area contributed by atoms with Gasteiger partial charge in [0.05, 0.1) is 0 Å². The summed E-state index contributed by atoms with van der Waals surface area (Å²) in [5.41, 5.74) is 0. The third-order valence-electron chi connectivity index (χ3n) is 2.81. The number of hydrogen-bond acceptors (Lipinski definition) is 0. The van der Waals surface area contributed by atoms with Gasteiger partial charge in [-0.05, 0) is 30.6 Å². The van der Waals surface area contributed by atoms with E-state index in [1.165, 1.54) is 19.3 Å². The fourth-order valence-electron chi connectivity index (χ4n) is 2.24. The molecule has 1 fully saturated rings. The van der Waals surface area contributed by atoms with Gasteiger partial charge >= 0.3 is 0 Å². The molecule has 3 atom stereocenters. The minimum atomic E-state index is 1.00. The van der Waals surface area contributed by atoms with Crippen molar-refractivity contribution in [1.29, 1.82) is 0 Å². The third-order valence-corrected chi connectivity index (χ3v) is 2.81. The lowest BCUT2D eigenvalue weighted by Crippen LogP contribution is -2.00. The third kappa shape index (κ3) is 10.3. The normalized spacial score (nSPS) is 27.4. The van der Waals surface area contributed by atoms with Crippen LogP contribution in [0, 0.1) is 17.8 Å². The summed E-state index contributed by atoms with van der Waals surface area (Å²) in [6, 6.07) is 0. The Balaban J connectivity index is -0.000000208. The zero-order valence-corrected chi connectivity index (χ0v) is 12.9. The van der Waals surface area contributed by atoms with Crippen molar-refractivity contribution < 1.29 is 0 Å². The van der Waals surface area contributed by atoms with Crippen molar-refractivity contribution >= 4 is 0 Å². The van der Waals surface area contributed by atoms with Crippen molar-refractivity contribution in [3.8, 4) is 0 Å². The molecular weight excluding hydrogens is 180 g/mol. The lowest BCUT2D eigenvalue weighted by Gasteiger charge is -2.10. The molecule has 1 aliphatic carbocycles. The molecule has 0 N–H and O–H groups in total. The Morgan fingerprint density at radius 1 is 0.800 bits per heavy atom. The molecule has 96 valence electrons. The van der Waals surface area contributed by atoms with Gasteiger partial charge in [-0.25, -0.2) is 0 Å². The van der Waals surface area contributed by atoms with Crippen LogP contribution in [-0.4, -0.2) is 0 Å². The molecule has 0 bridgehead atoms. The minimum Gasteiger partial charge on any atom is -0.0683 e. The van der Waals surface area contributed by atoms with Crippen LogP contribution in [0.2, 0.25) is 0 Å². The van der Waals surface area contributed by atoms with Crippen molar-refractivity contribution in [3.63, 3.8) is 0 Å². The number of hydrogen-bond donors (Lipinski definition) is 0. The van der Waals surface area contributed by atoms with Crippen molar-refractivity contribution in [1.82, 2.24) is 0 Å². The largest absolute Gasteiger partial charge is 0.0683 e. The zero-order chi connectivity index (χ0) is 12.9. The van der Waals surface area contributed by atoms with Crippen molar-refractivity contribution in [3.05, 3.63) is 0 Å². The van der Waals surface area contributed by atoms with Crippen LogP contribution in [0.4, 0.5) is 0 Å². The first kappa shape index (κ1) is 20.4. The highest BCUT2D eigenvalue weighted by Gasteiger charge is 2.26. The minimum absolute atomic E-state index is 1.00. The lowest BCUT2D eigenvalue weighted by molar-refractivity contribution is 0.406. The topological polar surface area (TPSA) is 0 Å². The summed E-state index contributed by atoms with van der Waals surface area (Å²) in [5.74, 6) is 3.05. The maximum atomic E-state index is 2.40. The van der Waals surface area contributed by atoms with E-state index in [0.717, 1.165) is 17.8 Å². The molecule has 0 heteroatoms. The standard InChI is InChI=1S/C9H18.3C2H6/c1-4-9-6-7(2)5-8(9)3;3*1-2/h7-9H,4-6H2,1-3H3;3*1-2H3. The molecule has 1 aliphatic rings. The first-order valence-electron chi connectivity index (χ1n) is 7.24. The molecule has 3 unspecified atom stereocenters. The molecule has 0 aromatic carbocycles. The average molecular weight is 216 g/mol. The fourth-order valence-corrected chi connectivity index (χ4v) is 2.24. The smallest absolute Gasteiger partial charge is 0.0388 e. The van der Waals surface area contributed by atoms with E-state index in [-0.39, 0.29) is 0 Å². The summed E-state index contributed by atoms with van der Waals surface area (Å²) in [5, 5.41) is 0. The Hall–Kier alpha value is 0. The van der Waals surface area contributed by atoms with Gasteiger partial charge in [-0.15, -0.1) is 0 Å². The Morgan fingerprint density at radius 2 is 1.20 bits per heavy atom. The summed E-state index contributed by atoms with van der Waals surface area (Å²) in [6.45, 7) is 19.1. The van der Waals surface area contributed by atoms with E-state index < -0.39 is 0 Å². The summed E-state index contributed by atoms with van der Waals surface area (Å²) in [6.07, 6.45) is 4.35. The molecule has 0 aromatic heterocycles. The molecule has 0 aliphatic heterocycles. The molecule has 0 amide bonds. The summed E-state index contributed by atoms with van der Waals surface area (Å²) >= 11 is 0. The van der Waals surface area contributed by atoms with Crippen LogP contribution in [-0.2, 0) is 0 Å². The van der Waals surface area contributed by atoms with Crippen LogP contribution >= 0.6 is 0 Å². The Kier molecular flexibility index (Phi) is 22.4. The highest BCUT2D eigenvalue weighted by Crippen LogP contribution is 2.37. The molecule has 15 heavy (non-hydrogen) atoms. The van der Waals surface area contributed by atoms with Gasteiger partial charge in [0.25, 0.3) is 0 Å². The second-order valence-corrected chi connectivity index (χ2v) is 3.72.